The predicted molar refractivity (Wildman–Crippen MR) is 63.3 cm³/mol. The topological polar surface area (TPSA) is 113 Å². The first-order valence-electron chi connectivity index (χ1n) is 4.94. The van der Waals surface area contributed by atoms with Crippen LogP contribution in [0.2, 0.25) is 0 Å². The van der Waals surface area contributed by atoms with Crippen molar-refractivity contribution in [3.05, 3.63) is 0 Å². The Morgan fingerprint density at radius 3 is 1.82 bits per heavy atom. The zero-order valence-electron chi connectivity index (χ0n) is 10.1. The number of hydrogen-bond acceptors (Lipinski definition) is 7. The second-order valence-electron chi connectivity index (χ2n) is 4.08. The Bertz CT molecular complexity index is 375. The van der Waals surface area contributed by atoms with Crippen LogP contribution >= 0.6 is 0 Å². The van der Waals surface area contributed by atoms with Crippen molar-refractivity contribution in [3.8, 4) is 0 Å². The zero-order chi connectivity index (χ0) is 13.7. The van der Waals surface area contributed by atoms with Gasteiger partial charge in [-0.05, 0) is 12.3 Å². The van der Waals surface area contributed by atoms with E-state index < -0.39 is 26.3 Å². The molecule has 17 heavy (non-hydrogen) atoms. The first kappa shape index (κ1) is 16.8. The van der Waals surface area contributed by atoms with Crippen molar-refractivity contribution in [2.24, 2.45) is 11.7 Å². The monoisotopic (exact) mass is 289 g/mol. The average Bonchev–Trinajstić information content (AvgIpc) is 2.09. The third-order valence-electron chi connectivity index (χ3n) is 1.77. The van der Waals surface area contributed by atoms with Gasteiger partial charge in [0.25, 0.3) is 20.2 Å². The van der Waals surface area contributed by atoms with Crippen LogP contribution in [0.3, 0.4) is 0 Å². The van der Waals surface area contributed by atoms with Gasteiger partial charge in [0.15, 0.2) is 0 Å². The van der Waals surface area contributed by atoms with Gasteiger partial charge in [0.05, 0.1) is 25.7 Å². The summed E-state index contributed by atoms with van der Waals surface area (Å²) in [6.07, 6.45) is 2.31. The standard InChI is InChI=1S/C8H19NO6S2/c1-7(5-14-16(2,10)11)4-8(9)6-15-17(3,12)13/h7-8H,4-6,9H2,1-3H3/t7-,8+/m1/s1. The summed E-state index contributed by atoms with van der Waals surface area (Å²) >= 11 is 0. The van der Waals surface area contributed by atoms with Gasteiger partial charge in [-0.2, -0.15) is 16.8 Å². The van der Waals surface area contributed by atoms with Gasteiger partial charge in [0.1, 0.15) is 0 Å². The van der Waals surface area contributed by atoms with Gasteiger partial charge < -0.3 is 5.73 Å². The van der Waals surface area contributed by atoms with Crippen LogP contribution in [0, 0.1) is 5.92 Å². The van der Waals surface area contributed by atoms with Crippen LogP contribution in [0.5, 0.6) is 0 Å². The highest BCUT2D eigenvalue weighted by Crippen LogP contribution is 2.07. The Kier molecular flexibility index (Phi) is 6.56. The molecule has 0 aliphatic rings. The second-order valence-corrected chi connectivity index (χ2v) is 7.37. The molecule has 0 spiro atoms. The quantitative estimate of drug-likeness (QED) is 0.587. The number of hydrogen-bond donors (Lipinski definition) is 1. The third kappa shape index (κ3) is 12.0. The molecule has 9 heteroatoms. The molecule has 2 N–H and O–H groups in total. The highest BCUT2D eigenvalue weighted by molar-refractivity contribution is 7.86. The van der Waals surface area contributed by atoms with Crippen molar-refractivity contribution < 1.29 is 25.2 Å². The van der Waals surface area contributed by atoms with E-state index in [0.717, 1.165) is 12.5 Å². The van der Waals surface area contributed by atoms with E-state index in [9.17, 15) is 16.8 Å². The fraction of sp³-hybridized carbons (Fsp3) is 1.00. The molecule has 0 rings (SSSR count). The normalized spacial score (nSPS) is 16.7. The van der Waals surface area contributed by atoms with Crippen LogP contribution in [-0.4, -0.2) is 48.6 Å². The van der Waals surface area contributed by atoms with Crippen molar-refractivity contribution in [3.63, 3.8) is 0 Å². The second kappa shape index (κ2) is 6.64. The maximum atomic E-state index is 10.7. The molecule has 0 aliphatic carbocycles. The molecular weight excluding hydrogens is 270 g/mol. The molecule has 104 valence electrons. The van der Waals surface area contributed by atoms with Crippen molar-refractivity contribution in [2.75, 3.05) is 25.7 Å². The van der Waals surface area contributed by atoms with E-state index in [2.05, 4.69) is 8.37 Å². The fourth-order valence-corrected chi connectivity index (χ4v) is 2.01. The Labute approximate surface area is 103 Å². The zero-order valence-corrected chi connectivity index (χ0v) is 11.8. The molecular formula is C8H19NO6S2. The average molecular weight is 289 g/mol. The molecule has 0 aromatic heterocycles. The molecule has 0 aromatic carbocycles. The van der Waals surface area contributed by atoms with E-state index in [1.807, 2.05) is 0 Å². The maximum absolute atomic E-state index is 10.7. The SMILES string of the molecule is C[C@@H](COS(C)(=O)=O)C[C@H](N)COS(C)(=O)=O. The van der Waals surface area contributed by atoms with Crippen LogP contribution in [0.15, 0.2) is 0 Å². The highest BCUT2D eigenvalue weighted by Gasteiger charge is 2.14. The van der Waals surface area contributed by atoms with Crippen molar-refractivity contribution in [1.29, 1.82) is 0 Å². The first-order valence-corrected chi connectivity index (χ1v) is 8.57. The van der Waals surface area contributed by atoms with Gasteiger partial charge in [0, 0.05) is 6.04 Å². The molecule has 2 atom stereocenters. The van der Waals surface area contributed by atoms with Crippen LogP contribution in [0.1, 0.15) is 13.3 Å². The summed E-state index contributed by atoms with van der Waals surface area (Å²) in [6, 6.07) is -0.483. The smallest absolute Gasteiger partial charge is 0.264 e. The summed E-state index contributed by atoms with van der Waals surface area (Å²) in [5, 5.41) is 0. The van der Waals surface area contributed by atoms with Crippen LogP contribution in [0.25, 0.3) is 0 Å². The minimum absolute atomic E-state index is 0.0193. The Morgan fingerprint density at radius 1 is 1.00 bits per heavy atom. The number of nitrogens with two attached hydrogens (primary N) is 1. The molecule has 7 nitrogen and oxygen atoms in total. The highest BCUT2D eigenvalue weighted by atomic mass is 32.2. The molecule has 0 aliphatic heterocycles. The maximum Gasteiger partial charge on any atom is 0.264 e. The molecule has 0 radical (unpaired) electrons. The lowest BCUT2D eigenvalue weighted by Crippen LogP contribution is -2.30. The molecule has 0 aromatic rings. The summed E-state index contributed by atoms with van der Waals surface area (Å²) in [4.78, 5) is 0. The van der Waals surface area contributed by atoms with Gasteiger partial charge >= 0.3 is 0 Å². The summed E-state index contributed by atoms with van der Waals surface area (Å²) in [6.45, 7) is 1.65. The van der Waals surface area contributed by atoms with E-state index in [1.165, 1.54) is 0 Å². The molecule has 0 amide bonds. The minimum atomic E-state index is -3.50. The van der Waals surface area contributed by atoms with Gasteiger partial charge in [-0.25, -0.2) is 0 Å². The van der Waals surface area contributed by atoms with E-state index >= 15 is 0 Å². The fourth-order valence-electron chi connectivity index (χ4n) is 1.10. The number of rotatable bonds is 8. The summed E-state index contributed by atoms with van der Waals surface area (Å²) < 4.78 is 52.0. The molecule has 0 saturated heterocycles. The molecule has 0 unspecified atom stereocenters. The summed E-state index contributed by atoms with van der Waals surface area (Å²) in [5.74, 6) is -0.108. The lowest BCUT2D eigenvalue weighted by molar-refractivity contribution is 0.227. The van der Waals surface area contributed by atoms with Gasteiger partial charge in [-0.15, -0.1) is 0 Å². The molecule has 0 heterocycles. The van der Waals surface area contributed by atoms with Crippen molar-refractivity contribution in [2.45, 2.75) is 19.4 Å². The predicted octanol–water partition coefficient (Wildman–Crippen LogP) is -0.708. The first-order chi connectivity index (χ1) is 7.49. The molecule has 0 bridgehead atoms. The van der Waals surface area contributed by atoms with E-state index in [4.69, 9.17) is 5.73 Å². The van der Waals surface area contributed by atoms with Gasteiger partial charge in [0.2, 0.25) is 0 Å². The van der Waals surface area contributed by atoms with E-state index in [-0.39, 0.29) is 19.1 Å². The van der Waals surface area contributed by atoms with Gasteiger partial charge in [-0.1, -0.05) is 6.92 Å². The molecule has 0 saturated carbocycles. The van der Waals surface area contributed by atoms with Crippen molar-refractivity contribution >= 4 is 20.2 Å². The van der Waals surface area contributed by atoms with E-state index in [0.29, 0.717) is 6.42 Å². The van der Waals surface area contributed by atoms with Crippen molar-refractivity contribution in [1.82, 2.24) is 0 Å². The van der Waals surface area contributed by atoms with Crippen LogP contribution in [-0.2, 0) is 28.6 Å². The minimum Gasteiger partial charge on any atom is -0.326 e. The lowest BCUT2D eigenvalue weighted by Gasteiger charge is -2.16. The van der Waals surface area contributed by atoms with E-state index in [1.54, 1.807) is 6.92 Å². The van der Waals surface area contributed by atoms with Gasteiger partial charge in [-0.3, -0.25) is 8.37 Å². The largest absolute Gasteiger partial charge is 0.326 e. The lowest BCUT2D eigenvalue weighted by atomic mass is 10.0. The molecule has 0 fully saturated rings. The Balaban J connectivity index is 3.92. The summed E-state index contributed by atoms with van der Waals surface area (Å²) in [7, 11) is -6.96. The Hall–Kier alpha value is -0.220. The summed E-state index contributed by atoms with van der Waals surface area (Å²) in [5.41, 5.74) is 5.63. The third-order valence-corrected chi connectivity index (χ3v) is 2.90. The van der Waals surface area contributed by atoms with Crippen LogP contribution < -0.4 is 5.73 Å². The van der Waals surface area contributed by atoms with Crippen LogP contribution in [0.4, 0.5) is 0 Å². The Morgan fingerprint density at radius 2 is 1.41 bits per heavy atom.